The summed E-state index contributed by atoms with van der Waals surface area (Å²) in [6.07, 6.45) is 1.56. The maximum absolute atomic E-state index is 10.2. The van der Waals surface area contributed by atoms with E-state index in [1.807, 2.05) is 24.3 Å². The Hall–Kier alpha value is -1.29. The Kier molecular flexibility index (Phi) is 4.07. The normalized spacial score (nSPS) is 14.4. The summed E-state index contributed by atoms with van der Waals surface area (Å²) >= 11 is 5.81. The van der Waals surface area contributed by atoms with Crippen molar-refractivity contribution in [3.05, 3.63) is 59.0 Å². The first-order valence-electron chi connectivity index (χ1n) is 5.79. The molecule has 0 spiro atoms. The number of rotatable bonds is 5. The molecular formula is C14H16ClNO2. The van der Waals surface area contributed by atoms with Crippen LogP contribution in [0.5, 0.6) is 0 Å². The fourth-order valence-corrected chi connectivity index (χ4v) is 1.85. The first-order valence-corrected chi connectivity index (χ1v) is 6.17. The Balaban J connectivity index is 1.87. The Labute approximate surface area is 111 Å². The molecule has 1 atom stereocenters. The van der Waals surface area contributed by atoms with Crippen LogP contribution in [-0.4, -0.2) is 11.7 Å². The van der Waals surface area contributed by atoms with Crippen LogP contribution in [0, 0.1) is 0 Å². The highest BCUT2D eigenvalue weighted by atomic mass is 35.5. The van der Waals surface area contributed by atoms with Crippen LogP contribution in [0.15, 0.2) is 47.1 Å². The summed E-state index contributed by atoms with van der Waals surface area (Å²) in [4.78, 5) is 0. The lowest BCUT2D eigenvalue weighted by Gasteiger charge is -2.21. The molecule has 2 N–H and O–H groups in total. The molecule has 0 aliphatic carbocycles. The minimum atomic E-state index is -1.00. The van der Waals surface area contributed by atoms with E-state index in [-0.39, 0.29) is 0 Å². The van der Waals surface area contributed by atoms with E-state index >= 15 is 0 Å². The smallest absolute Gasteiger partial charge is 0.136 e. The van der Waals surface area contributed by atoms with Crippen molar-refractivity contribution in [1.29, 1.82) is 0 Å². The summed E-state index contributed by atoms with van der Waals surface area (Å²) in [5.74, 6) is 0.561. The average Bonchev–Trinajstić information content (AvgIpc) is 2.86. The van der Waals surface area contributed by atoms with Gasteiger partial charge < -0.3 is 14.8 Å². The first kappa shape index (κ1) is 13.1. The van der Waals surface area contributed by atoms with Gasteiger partial charge in [-0.3, -0.25) is 0 Å². The van der Waals surface area contributed by atoms with Gasteiger partial charge in [-0.2, -0.15) is 0 Å². The maximum atomic E-state index is 10.2. The third kappa shape index (κ3) is 3.35. The van der Waals surface area contributed by atoms with Gasteiger partial charge in [0.25, 0.3) is 0 Å². The molecule has 2 rings (SSSR count). The third-order valence-corrected chi connectivity index (χ3v) is 3.02. The van der Waals surface area contributed by atoms with Crippen molar-refractivity contribution >= 4 is 11.6 Å². The van der Waals surface area contributed by atoms with Crippen LogP contribution in [-0.2, 0) is 12.1 Å². The molecule has 1 heterocycles. The summed E-state index contributed by atoms with van der Waals surface area (Å²) in [7, 11) is 0. The molecule has 2 aromatic rings. The quantitative estimate of drug-likeness (QED) is 0.874. The van der Waals surface area contributed by atoms with Gasteiger partial charge in [0.05, 0.1) is 6.26 Å². The predicted molar refractivity (Wildman–Crippen MR) is 71.4 cm³/mol. The molecule has 18 heavy (non-hydrogen) atoms. The standard InChI is InChI=1S/C14H16ClNO2/c1-14(17,13-3-2-8-18-13)10-16-9-11-4-6-12(15)7-5-11/h2-8,16-17H,9-10H2,1H3. The van der Waals surface area contributed by atoms with Gasteiger partial charge in [0.15, 0.2) is 0 Å². The number of hydrogen-bond acceptors (Lipinski definition) is 3. The van der Waals surface area contributed by atoms with Crippen molar-refractivity contribution in [2.24, 2.45) is 0 Å². The van der Waals surface area contributed by atoms with Crippen molar-refractivity contribution in [1.82, 2.24) is 5.32 Å². The van der Waals surface area contributed by atoms with Gasteiger partial charge in [-0.1, -0.05) is 23.7 Å². The van der Waals surface area contributed by atoms with Gasteiger partial charge >= 0.3 is 0 Å². The molecule has 3 nitrogen and oxygen atoms in total. The second kappa shape index (κ2) is 5.57. The number of halogens is 1. The molecule has 0 saturated carbocycles. The fraction of sp³-hybridized carbons (Fsp3) is 0.286. The number of aliphatic hydroxyl groups is 1. The topological polar surface area (TPSA) is 45.4 Å². The van der Waals surface area contributed by atoms with Crippen LogP contribution < -0.4 is 5.32 Å². The van der Waals surface area contributed by atoms with Gasteiger partial charge in [-0.05, 0) is 36.8 Å². The average molecular weight is 266 g/mol. The van der Waals surface area contributed by atoms with E-state index in [1.54, 1.807) is 25.3 Å². The Morgan fingerprint density at radius 1 is 1.28 bits per heavy atom. The summed E-state index contributed by atoms with van der Waals surface area (Å²) < 4.78 is 5.21. The Morgan fingerprint density at radius 3 is 2.61 bits per heavy atom. The predicted octanol–water partition coefficient (Wildman–Crippen LogP) is 2.93. The molecule has 0 aliphatic rings. The van der Waals surface area contributed by atoms with Crippen LogP contribution in [0.25, 0.3) is 0 Å². The number of hydrogen-bond donors (Lipinski definition) is 2. The molecule has 1 aromatic heterocycles. The molecule has 4 heteroatoms. The van der Waals surface area contributed by atoms with Crippen LogP contribution in [0.2, 0.25) is 5.02 Å². The van der Waals surface area contributed by atoms with Crippen molar-refractivity contribution in [2.75, 3.05) is 6.54 Å². The van der Waals surface area contributed by atoms with Crippen LogP contribution >= 0.6 is 11.6 Å². The zero-order valence-corrected chi connectivity index (χ0v) is 10.9. The summed E-state index contributed by atoms with van der Waals surface area (Å²) in [5.41, 5.74) is 0.116. The molecule has 0 fully saturated rings. The zero-order valence-electron chi connectivity index (χ0n) is 10.2. The minimum Gasteiger partial charge on any atom is -0.466 e. The maximum Gasteiger partial charge on any atom is 0.136 e. The van der Waals surface area contributed by atoms with E-state index in [0.29, 0.717) is 18.8 Å². The van der Waals surface area contributed by atoms with Gasteiger partial charge in [0, 0.05) is 18.1 Å². The number of furan rings is 1. The first-order chi connectivity index (χ1) is 8.58. The lowest BCUT2D eigenvalue weighted by atomic mass is 10.0. The minimum absolute atomic E-state index is 0.420. The van der Waals surface area contributed by atoms with E-state index in [0.717, 1.165) is 10.6 Å². The highest BCUT2D eigenvalue weighted by Gasteiger charge is 2.25. The van der Waals surface area contributed by atoms with Crippen molar-refractivity contribution in [3.8, 4) is 0 Å². The molecule has 0 aliphatic heterocycles. The van der Waals surface area contributed by atoms with Crippen molar-refractivity contribution in [2.45, 2.75) is 19.1 Å². The van der Waals surface area contributed by atoms with E-state index in [9.17, 15) is 5.11 Å². The molecule has 0 bridgehead atoms. The number of nitrogens with one attached hydrogen (secondary N) is 1. The second-order valence-electron chi connectivity index (χ2n) is 4.48. The summed E-state index contributed by atoms with van der Waals surface area (Å²) in [6.45, 7) is 2.82. The molecule has 0 amide bonds. The molecular weight excluding hydrogens is 250 g/mol. The Bertz CT molecular complexity index is 477. The van der Waals surface area contributed by atoms with Gasteiger partial charge in [-0.15, -0.1) is 0 Å². The van der Waals surface area contributed by atoms with Gasteiger partial charge in [0.1, 0.15) is 11.4 Å². The molecule has 1 aromatic carbocycles. The van der Waals surface area contributed by atoms with Gasteiger partial charge in [0.2, 0.25) is 0 Å². The van der Waals surface area contributed by atoms with Gasteiger partial charge in [-0.25, -0.2) is 0 Å². The van der Waals surface area contributed by atoms with Crippen LogP contribution in [0.4, 0.5) is 0 Å². The zero-order chi connectivity index (χ0) is 13.0. The second-order valence-corrected chi connectivity index (χ2v) is 4.92. The molecule has 0 radical (unpaired) electrons. The fourth-order valence-electron chi connectivity index (χ4n) is 1.72. The van der Waals surface area contributed by atoms with E-state index in [1.165, 1.54) is 0 Å². The van der Waals surface area contributed by atoms with Crippen molar-refractivity contribution in [3.63, 3.8) is 0 Å². The Morgan fingerprint density at radius 2 is 2.00 bits per heavy atom. The largest absolute Gasteiger partial charge is 0.466 e. The SMILES string of the molecule is CC(O)(CNCc1ccc(Cl)cc1)c1ccco1. The third-order valence-electron chi connectivity index (χ3n) is 2.76. The van der Waals surface area contributed by atoms with E-state index < -0.39 is 5.60 Å². The molecule has 1 unspecified atom stereocenters. The molecule has 96 valence electrons. The van der Waals surface area contributed by atoms with Crippen LogP contribution in [0.1, 0.15) is 18.2 Å². The summed E-state index contributed by atoms with van der Waals surface area (Å²) in [5, 5.41) is 14.1. The number of benzene rings is 1. The highest BCUT2D eigenvalue weighted by molar-refractivity contribution is 6.30. The highest BCUT2D eigenvalue weighted by Crippen LogP contribution is 2.20. The lowest BCUT2D eigenvalue weighted by Crippen LogP contribution is -2.34. The van der Waals surface area contributed by atoms with E-state index in [2.05, 4.69) is 5.32 Å². The summed E-state index contributed by atoms with van der Waals surface area (Å²) in [6, 6.07) is 11.1. The van der Waals surface area contributed by atoms with E-state index in [4.69, 9.17) is 16.0 Å². The van der Waals surface area contributed by atoms with Crippen molar-refractivity contribution < 1.29 is 9.52 Å². The molecule has 0 saturated heterocycles. The van der Waals surface area contributed by atoms with Crippen LogP contribution in [0.3, 0.4) is 0 Å². The monoisotopic (exact) mass is 265 g/mol. The lowest BCUT2D eigenvalue weighted by molar-refractivity contribution is 0.0340.